The van der Waals surface area contributed by atoms with Crippen molar-refractivity contribution in [2.45, 2.75) is 32.8 Å². The average molecular weight is 311 g/mol. The Balaban J connectivity index is 1.86. The lowest BCUT2D eigenvalue weighted by atomic mass is 10.0. The molecule has 0 spiro atoms. The van der Waals surface area contributed by atoms with Gasteiger partial charge in [-0.25, -0.2) is 0 Å². The van der Waals surface area contributed by atoms with E-state index in [4.69, 9.17) is 4.74 Å². The number of hydrogen-bond acceptors (Lipinski definition) is 4. The number of rotatable bonds is 5. The molecule has 0 radical (unpaired) electrons. The molecule has 1 atom stereocenters. The van der Waals surface area contributed by atoms with Crippen LogP contribution < -0.4 is 0 Å². The number of carbonyl (C=O) groups is 1. The van der Waals surface area contributed by atoms with Crippen molar-refractivity contribution in [3.8, 4) is 0 Å². The van der Waals surface area contributed by atoms with Gasteiger partial charge in [0.15, 0.2) is 0 Å². The van der Waals surface area contributed by atoms with Crippen LogP contribution in [-0.4, -0.2) is 22.7 Å². The van der Waals surface area contributed by atoms with E-state index in [2.05, 4.69) is 4.98 Å². The summed E-state index contributed by atoms with van der Waals surface area (Å²) in [7, 11) is 0. The third-order valence-corrected chi connectivity index (χ3v) is 4.29. The SMILES string of the molecule is CCOC(=O)C1(/C=C/c2cc3cc([C@@H](C)O)ccc3cn2)CC1. The molecule has 0 unspecified atom stereocenters. The number of nitrogens with zero attached hydrogens (tertiary/aromatic N) is 1. The number of aliphatic hydroxyl groups excluding tert-OH is 1. The summed E-state index contributed by atoms with van der Waals surface area (Å²) < 4.78 is 5.13. The molecular weight excluding hydrogens is 290 g/mol. The van der Waals surface area contributed by atoms with Gasteiger partial charge in [-0.15, -0.1) is 0 Å². The topological polar surface area (TPSA) is 59.4 Å². The molecule has 120 valence electrons. The first-order valence-electron chi connectivity index (χ1n) is 7.98. The molecule has 4 nitrogen and oxygen atoms in total. The quantitative estimate of drug-likeness (QED) is 0.856. The summed E-state index contributed by atoms with van der Waals surface area (Å²) in [6, 6.07) is 7.80. The molecule has 1 aliphatic carbocycles. The first-order valence-corrected chi connectivity index (χ1v) is 7.98. The molecular formula is C19H21NO3. The molecule has 4 heteroatoms. The maximum atomic E-state index is 12.0. The van der Waals surface area contributed by atoms with Gasteiger partial charge in [-0.2, -0.15) is 0 Å². The Morgan fingerprint density at radius 2 is 2.17 bits per heavy atom. The van der Waals surface area contributed by atoms with Gasteiger partial charge in [0.2, 0.25) is 0 Å². The summed E-state index contributed by atoms with van der Waals surface area (Å²) in [6.45, 7) is 3.98. The van der Waals surface area contributed by atoms with Gasteiger partial charge in [0, 0.05) is 11.6 Å². The smallest absolute Gasteiger partial charge is 0.315 e. The van der Waals surface area contributed by atoms with E-state index < -0.39 is 11.5 Å². The highest BCUT2D eigenvalue weighted by atomic mass is 16.5. The van der Waals surface area contributed by atoms with Crippen molar-refractivity contribution in [3.63, 3.8) is 0 Å². The maximum Gasteiger partial charge on any atom is 0.315 e. The Kier molecular flexibility index (Phi) is 4.18. The van der Waals surface area contributed by atoms with E-state index in [-0.39, 0.29) is 5.97 Å². The maximum absolute atomic E-state index is 12.0. The second-order valence-electron chi connectivity index (χ2n) is 6.10. The van der Waals surface area contributed by atoms with Crippen LogP contribution in [-0.2, 0) is 9.53 Å². The van der Waals surface area contributed by atoms with E-state index in [1.54, 1.807) is 6.92 Å². The fraction of sp³-hybridized carbons (Fsp3) is 0.368. The molecule has 1 aliphatic rings. The number of aromatic nitrogens is 1. The normalized spacial score (nSPS) is 17.3. The van der Waals surface area contributed by atoms with Crippen LogP contribution in [0.5, 0.6) is 0 Å². The number of pyridine rings is 1. The largest absolute Gasteiger partial charge is 0.465 e. The fourth-order valence-corrected chi connectivity index (χ4v) is 2.62. The highest BCUT2D eigenvalue weighted by Gasteiger charge is 2.48. The van der Waals surface area contributed by atoms with Crippen LogP contribution in [0.15, 0.2) is 36.5 Å². The van der Waals surface area contributed by atoms with Gasteiger partial charge in [0.1, 0.15) is 0 Å². The Labute approximate surface area is 135 Å². The predicted octanol–water partition coefficient (Wildman–Crippen LogP) is 3.64. The summed E-state index contributed by atoms with van der Waals surface area (Å²) in [4.78, 5) is 16.4. The molecule has 1 N–H and O–H groups in total. The number of fused-ring (bicyclic) bond motifs is 1. The summed E-state index contributed by atoms with van der Waals surface area (Å²) in [5.74, 6) is -0.145. The molecule has 1 fully saturated rings. The van der Waals surface area contributed by atoms with Crippen molar-refractivity contribution in [2.75, 3.05) is 6.61 Å². The molecule has 0 bridgehead atoms. The van der Waals surface area contributed by atoms with Crippen LogP contribution in [0.1, 0.15) is 44.1 Å². The van der Waals surface area contributed by atoms with Crippen LogP contribution >= 0.6 is 0 Å². The lowest BCUT2D eigenvalue weighted by molar-refractivity contribution is -0.147. The summed E-state index contributed by atoms with van der Waals surface area (Å²) in [6.07, 6.45) is 6.79. The van der Waals surface area contributed by atoms with Gasteiger partial charge in [-0.1, -0.05) is 18.2 Å². The standard InChI is InChI=1S/C19H21NO3/c1-3-23-18(22)19(8-9-19)7-6-17-11-16-10-14(13(2)21)4-5-15(16)12-20-17/h4-7,10-13,21H,3,8-9H2,1-2H3/b7-6+/t13-/m1/s1. The minimum Gasteiger partial charge on any atom is -0.465 e. The summed E-state index contributed by atoms with van der Waals surface area (Å²) in [5.41, 5.74) is 1.23. The third kappa shape index (κ3) is 3.27. The van der Waals surface area contributed by atoms with Crippen LogP contribution in [0.2, 0.25) is 0 Å². The van der Waals surface area contributed by atoms with Crippen LogP contribution in [0, 0.1) is 5.41 Å². The van der Waals surface area contributed by atoms with Crippen molar-refractivity contribution in [3.05, 3.63) is 47.8 Å². The van der Waals surface area contributed by atoms with Crippen LogP contribution in [0.4, 0.5) is 0 Å². The molecule has 0 saturated heterocycles. The molecule has 0 aliphatic heterocycles. The zero-order valence-electron chi connectivity index (χ0n) is 13.5. The van der Waals surface area contributed by atoms with Gasteiger partial charge < -0.3 is 9.84 Å². The Morgan fingerprint density at radius 1 is 1.39 bits per heavy atom. The average Bonchev–Trinajstić information content (AvgIpc) is 3.33. The first-order chi connectivity index (χ1) is 11.0. The van der Waals surface area contributed by atoms with Crippen molar-refractivity contribution < 1.29 is 14.6 Å². The monoisotopic (exact) mass is 311 g/mol. The Morgan fingerprint density at radius 3 is 2.83 bits per heavy atom. The van der Waals surface area contributed by atoms with E-state index in [9.17, 15) is 9.90 Å². The number of esters is 1. The summed E-state index contributed by atoms with van der Waals surface area (Å²) in [5, 5.41) is 11.8. The molecule has 1 heterocycles. The molecule has 0 amide bonds. The van der Waals surface area contributed by atoms with E-state index in [1.165, 1.54) is 0 Å². The van der Waals surface area contributed by atoms with E-state index in [0.717, 1.165) is 34.9 Å². The van der Waals surface area contributed by atoms with E-state index in [0.29, 0.717) is 6.61 Å². The predicted molar refractivity (Wildman–Crippen MR) is 89.7 cm³/mol. The second-order valence-corrected chi connectivity index (χ2v) is 6.10. The van der Waals surface area contributed by atoms with Crippen LogP contribution in [0.3, 0.4) is 0 Å². The molecule has 23 heavy (non-hydrogen) atoms. The number of aliphatic hydroxyl groups is 1. The lowest BCUT2D eigenvalue weighted by Gasteiger charge is -2.09. The van der Waals surface area contributed by atoms with Gasteiger partial charge in [0.05, 0.1) is 23.8 Å². The van der Waals surface area contributed by atoms with Crippen molar-refractivity contribution in [1.29, 1.82) is 0 Å². The highest BCUT2D eigenvalue weighted by molar-refractivity contribution is 5.85. The van der Waals surface area contributed by atoms with E-state index in [1.807, 2.05) is 49.5 Å². The zero-order chi connectivity index (χ0) is 16.4. The number of hydrogen-bond donors (Lipinski definition) is 1. The lowest BCUT2D eigenvalue weighted by Crippen LogP contribution is -2.16. The summed E-state index contributed by atoms with van der Waals surface area (Å²) >= 11 is 0. The molecule has 1 aromatic carbocycles. The molecule has 3 rings (SSSR count). The molecule has 1 aromatic heterocycles. The van der Waals surface area contributed by atoms with Crippen molar-refractivity contribution in [2.24, 2.45) is 5.41 Å². The second kappa shape index (κ2) is 6.13. The first kappa shape index (κ1) is 15.7. The molecule has 1 saturated carbocycles. The van der Waals surface area contributed by atoms with Crippen LogP contribution in [0.25, 0.3) is 16.8 Å². The van der Waals surface area contributed by atoms with Crippen molar-refractivity contribution in [1.82, 2.24) is 4.98 Å². The molecule has 2 aromatic rings. The minimum atomic E-state index is -0.495. The fourth-order valence-electron chi connectivity index (χ4n) is 2.62. The Hall–Kier alpha value is -2.20. The number of benzene rings is 1. The number of ether oxygens (including phenoxy) is 1. The number of carbonyl (C=O) groups excluding carboxylic acids is 1. The van der Waals surface area contributed by atoms with Gasteiger partial charge in [-0.05, 0) is 55.8 Å². The zero-order valence-corrected chi connectivity index (χ0v) is 13.5. The highest BCUT2D eigenvalue weighted by Crippen LogP contribution is 2.48. The Bertz CT molecular complexity index is 760. The minimum absolute atomic E-state index is 0.145. The van der Waals surface area contributed by atoms with Crippen molar-refractivity contribution >= 4 is 22.8 Å². The third-order valence-electron chi connectivity index (χ3n) is 4.29. The van der Waals surface area contributed by atoms with E-state index >= 15 is 0 Å². The van der Waals surface area contributed by atoms with Gasteiger partial charge in [-0.3, -0.25) is 9.78 Å². The van der Waals surface area contributed by atoms with Gasteiger partial charge >= 0.3 is 5.97 Å². The van der Waals surface area contributed by atoms with Gasteiger partial charge in [0.25, 0.3) is 0 Å².